The molecule has 2 aromatic heterocycles. The number of rotatable bonds is 6. The second kappa shape index (κ2) is 7.57. The molecule has 3 rings (SSSR count). The zero-order chi connectivity index (χ0) is 17.6. The first-order chi connectivity index (χ1) is 12.2. The van der Waals surface area contributed by atoms with Gasteiger partial charge in [0.2, 0.25) is 17.6 Å². The highest BCUT2D eigenvalue weighted by Crippen LogP contribution is 2.14. The van der Waals surface area contributed by atoms with Crippen molar-refractivity contribution < 1.29 is 9.32 Å². The van der Waals surface area contributed by atoms with Crippen LogP contribution in [0.15, 0.2) is 52.8 Å². The summed E-state index contributed by atoms with van der Waals surface area (Å²) in [5, 5.41) is 10.9. The van der Waals surface area contributed by atoms with E-state index in [-0.39, 0.29) is 12.5 Å². The Hall–Kier alpha value is -3.22. The highest BCUT2D eigenvalue weighted by atomic mass is 16.5. The van der Waals surface area contributed by atoms with E-state index >= 15 is 0 Å². The highest BCUT2D eigenvalue weighted by Gasteiger charge is 2.12. The van der Waals surface area contributed by atoms with Crippen LogP contribution in [0.1, 0.15) is 25.3 Å². The first kappa shape index (κ1) is 16.6. The van der Waals surface area contributed by atoms with E-state index in [1.807, 2.05) is 49.5 Å². The van der Waals surface area contributed by atoms with Gasteiger partial charge in [-0.1, -0.05) is 35.5 Å². The van der Waals surface area contributed by atoms with Crippen molar-refractivity contribution in [2.45, 2.75) is 26.9 Å². The molecule has 0 fully saturated rings. The van der Waals surface area contributed by atoms with E-state index in [4.69, 9.17) is 4.52 Å². The lowest BCUT2D eigenvalue weighted by molar-refractivity contribution is -0.117. The minimum Gasteiger partial charge on any atom is -0.343 e. The molecule has 0 bridgehead atoms. The molecule has 3 aromatic rings. The summed E-state index contributed by atoms with van der Waals surface area (Å²) < 4.78 is 6.96. The minimum atomic E-state index is -0.178. The van der Waals surface area contributed by atoms with Crippen molar-refractivity contribution >= 4 is 12.0 Å². The number of hydrogen-bond acceptors (Lipinski definition) is 5. The summed E-state index contributed by atoms with van der Waals surface area (Å²) >= 11 is 0. The van der Waals surface area contributed by atoms with Gasteiger partial charge in [0, 0.05) is 18.3 Å². The van der Waals surface area contributed by atoms with E-state index in [0.717, 1.165) is 17.7 Å². The number of aromatic nitrogens is 4. The summed E-state index contributed by atoms with van der Waals surface area (Å²) in [4.78, 5) is 16.4. The fourth-order valence-corrected chi connectivity index (χ4v) is 2.26. The van der Waals surface area contributed by atoms with Crippen molar-refractivity contribution in [3.8, 4) is 11.4 Å². The Labute approximate surface area is 145 Å². The molecule has 7 heteroatoms. The Morgan fingerprint density at radius 3 is 2.84 bits per heavy atom. The van der Waals surface area contributed by atoms with Gasteiger partial charge in [-0.05, 0) is 25.5 Å². The second-order valence-electron chi connectivity index (χ2n) is 5.52. The molecule has 1 amide bonds. The average molecular weight is 337 g/mol. The molecule has 128 valence electrons. The van der Waals surface area contributed by atoms with Gasteiger partial charge >= 0.3 is 0 Å². The molecule has 0 radical (unpaired) electrons. The SMILES string of the molecule is CCn1cc(-c2noc(CNC(=O)/C(C)=C/c3ccccc3)n2)cn1. The van der Waals surface area contributed by atoms with Gasteiger partial charge in [-0.25, -0.2) is 0 Å². The summed E-state index contributed by atoms with van der Waals surface area (Å²) in [7, 11) is 0. The van der Waals surface area contributed by atoms with Crippen LogP contribution < -0.4 is 5.32 Å². The maximum atomic E-state index is 12.2. The molecule has 0 aliphatic carbocycles. The predicted molar refractivity (Wildman–Crippen MR) is 93.1 cm³/mol. The molecule has 0 saturated carbocycles. The van der Waals surface area contributed by atoms with Crippen LogP contribution >= 0.6 is 0 Å². The summed E-state index contributed by atoms with van der Waals surface area (Å²) in [5.41, 5.74) is 2.36. The van der Waals surface area contributed by atoms with Crippen LogP contribution in [0.2, 0.25) is 0 Å². The molecule has 1 N–H and O–H groups in total. The second-order valence-corrected chi connectivity index (χ2v) is 5.52. The first-order valence-electron chi connectivity index (χ1n) is 8.02. The summed E-state index contributed by atoms with van der Waals surface area (Å²) in [6, 6.07) is 9.68. The van der Waals surface area contributed by atoms with E-state index in [0.29, 0.717) is 17.3 Å². The van der Waals surface area contributed by atoms with Gasteiger partial charge in [-0.3, -0.25) is 9.48 Å². The molecule has 7 nitrogen and oxygen atoms in total. The monoisotopic (exact) mass is 337 g/mol. The molecule has 0 unspecified atom stereocenters. The number of aryl methyl sites for hydroxylation is 1. The molecule has 1 aromatic carbocycles. The fraction of sp³-hybridized carbons (Fsp3) is 0.222. The number of carbonyl (C=O) groups is 1. The van der Waals surface area contributed by atoms with E-state index in [2.05, 4.69) is 20.6 Å². The smallest absolute Gasteiger partial charge is 0.247 e. The third kappa shape index (κ3) is 4.20. The summed E-state index contributed by atoms with van der Waals surface area (Å²) in [6.45, 7) is 4.71. The lowest BCUT2D eigenvalue weighted by Gasteiger charge is -2.02. The average Bonchev–Trinajstić information content (AvgIpc) is 3.29. The van der Waals surface area contributed by atoms with Gasteiger partial charge in [0.15, 0.2) is 0 Å². The van der Waals surface area contributed by atoms with Crippen LogP contribution in [0, 0.1) is 0 Å². The van der Waals surface area contributed by atoms with E-state index in [1.165, 1.54) is 0 Å². The number of carbonyl (C=O) groups excluding carboxylic acids is 1. The highest BCUT2D eigenvalue weighted by molar-refractivity contribution is 5.97. The van der Waals surface area contributed by atoms with Crippen LogP contribution in [0.5, 0.6) is 0 Å². The van der Waals surface area contributed by atoms with E-state index in [9.17, 15) is 4.79 Å². The van der Waals surface area contributed by atoms with Crippen molar-refractivity contribution in [3.63, 3.8) is 0 Å². The number of nitrogens with one attached hydrogen (secondary N) is 1. The van der Waals surface area contributed by atoms with Crippen molar-refractivity contribution in [2.75, 3.05) is 0 Å². The van der Waals surface area contributed by atoms with Crippen LogP contribution in [0.25, 0.3) is 17.5 Å². The summed E-state index contributed by atoms with van der Waals surface area (Å²) in [5.74, 6) is 0.628. The maximum Gasteiger partial charge on any atom is 0.247 e. The number of nitrogens with zero attached hydrogens (tertiary/aromatic N) is 4. The molecular formula is C18H19N5O2. The van der Waals surface area contributed by atoms with Crippen molar-refractivity contribution in [1.29, 1.82) is 0 Å². The zero-order valence-electron chi connectivity index (χ0n) is 14.1. The zero-order valence-corrected chi connectivity index (χ0v) is 14.1. The Bertz CT molecular complexity index is 880. The largest absolute Gasteiger partial charge is 0.343 e. The predicted octanol–water partition coefficient (Wildman–Crippen LogP) is 2.67. The number of benzene rings is 1. The van der Waals surface area contributed by atoms with E-state index in [1.54, 1.807) is 17.8 Å². The van der Waals surface area contributed by atoms with E-state index < -0.39 is 0 Å². The Kier molecular flexibility index (Phi) is 5.03. The normalized spacial score (nSPS) is 11.5. The maximum absolute atomic E-state index is 12.2. The molecule has 0 saturated heterocycles. The molecule has 0 spiro atoms. The van der Waals surface area contributed by atoms with Crippen molar-refractivity contribution in [2.24, 2.45) is 0 Å². The summed E-state index contributed by atoms with van der Waals surface area (Å²) in [6.07, 6.45) is 5.36. The van der Waals surface area contributed by atoms with Gasteiger partial charge in [-0.2, -0.15) is 10.1 Å². The molecule has 25 heavy (non-hydrogen) atoms. The lowest BCUT2D eigenvalue weighted by Crippen LogP contribution is -2.23. The molecule has 0 aliphatic rings. The fourth-order valence-electron chi connectivity index (χ4n) is 2.26. The standard InChI is InChI=1S/C18H19N5O2/c1-3-23-12-15(10-20-23)17-21-16(25-22-17)11-19-18(24)13(2)9-14-7-5-4-6-8-14/h4-10,12H,3,11H2,1-2H3,(H,19,24)/b13-9+. The van der Waals surface area contributed by atoms with Gasteiger partial charge in [-0.15, -0.1) is 0 Å². The molecular weight excluding hydrogens is 318 g/mol. The number of hydrogen-bond donors (Lipinski definition) is 1. The lowest BCUT2D eigenvalue weighted by atomic mass is 10.1. The van der Waals surface area contributed by atoms with Crippen LogP contribution in [0.4, 0.5) is 0 Å². The molecule has 2 heterocycles. The van der Waals surface area contributed by atoms with Gasteiger partial charge in [0.25, 0.3) is 0 Å². The minimum absolute atomic E-state index is 0.174. The van der Waals surface area contributed by atoms with Crippen LogP contribution in [-0.4, -0.2) is 25.8 Å². The molecule has 0 atom stereocenters. The number of amides is 1. The Morgan fingerprint density at radius 1 is 1.32 bits per heavy atom. The molecule has 0 aliphatic heterocycles. The Morgan fingerprint density at radius 2 is 2.12 bits per heavy atom. The quantitative estimate of drug-likeness (QED) is 0.699. The van der Waals surface area contributed by atoms with Gasteiger partial charge in [0.05, 0.1) is 18.3 Å². The van der Waals surface area contributed by atoms with Gasteiger partial charge < -0.3 is 9.84 Å². The van der Waals surface area contributed by atoms with Crippen LogP contribution in [-0.2, 0) is 17.9 Å². The van der Waals surface area contributed by atoms with Crippen molar-refractivity contribution in [3.05, 3.63) is 59.8 Å². The Balaban J connectivity index is 1.60. The third-order valence-electron chi connectivity index (χ3n) is 3.62. The van der Waals surface area contributed by atoms with Crippen molar-refractivity contribution in [1.82, 2.24) is 25.2 Å². The third-order valence-corrected chi connectivity index (χ3v) is 3.62. The van der Waals surface area contributed by atoms with Crippen LogP contribution in [0.3, 0.4) is 0 Å². The first-order valence-corrected chi connectivity index (χ1v) is 8.02. The van der Waals surface area contributed by atoms with Gasteiger partial charge in [0.1, 0.15) is 0 Å². The topological polar surface area (TPSA) is 85.8 Å².